The maximum absolute atomic E-state index is 11.1. The van der Waals surface area contributed by atoms with Crippen molar-refractivity contribution in [3.8, 4) is 0 Å². The molecule has 0 atom stereocenters. The van der Waals surface area contributed by atoms with Gasteiger partial charge in [0.1, 0.15) is 12.1 Å². The van der Waals surface area contributed by atoms with Crippen molar-refractivity contribution in [3.05, 3.63) is 0 Å². The van der Waals surface area contributed by atoms with E-state index in [4.69, 9.17) is 0 Å². The minimum Gasteiger partial charge on any atom is -0.303 e. The van der Waals surface area contributed by atoms with Crippen molar-refractivity contribution in [2.75, 3.05) is 0 Å². The number of ketones is 1. The highest BCUT2D eigenvalue weighted by molar-refractivity contribution is 5.80. The SMILES string of the molecule is CCCCCCCCC(=O)CCC=O. The number of rotatable bonds is 10. The number of Topliss-reactive ketones (excluding diaryl/α,β-unsaturated/α-hetero) is 1. The third kappa shape index (κ3) is 9.43. The molecule has 0 spiro atoms. The Hall–Kier alpha value is -0.660. The normalized spacial score (nSPS) is 10.1. The van der Waals surface area contributed by atoms with Crippen molar-refractivity contribution in [2.24, 2.45) is 0 Å². The predicted molar refractivity (Wildman–Crippen MR) is 58.3 cm³/mol. The van der Waals surface area contributed by atoms with Crippen molar-refractivity contribution in [2.45, 2.75) is 64.7 Å². The second-order valence-corrected chi connectivity index (χ2v) is 3.76. The van der Waals surface area contributed by atoms with E-state index < -0.39 is 0 Å². The zero-order valence-electron chi connectivity index (χ0n) is 9.26. The van der Waals surface area contributed by atoms with Gasteiger partial charge in [0.05, 0.1) is 0 Å². The van der Waals surface area contributed by atoms with E-state index in [1.54, 1.807) is 0 Å². The zero-order valence-corrected chi connectivity index (χ0v) is 9.26. The highest BCUT2D eigenvalue weighted by atomic mass is 16.1. The van der Waals surface area contributed by atoms with E-state index in [0.29, 0.717) is 19.3 Å². The minimum atomic E-state index is 0.243. The molecule has 0 aromatic carbocycles. The van der Waals surface area contributed by atoms with E-state index in [1.165, 1.54) is 25.7 Å². The first kappa shape index (κ1) is 13.3. The first-order chi connectivity index (χ1) is 6.81. The van der Waals surface area contributed by atoms with Gasteiger partial charge in [-0.15, -0.1) is 0 Å². The Kier molecular flexibility index (Phi) is 9.93. The standard InChI is InChI=1S/C12H22O2/c1-2-3-4-5-6-7-9-12(14)10-8-11-13/h11H,2-10H2,1H3. The van der Waals surface area contributed by atoms with Crippen LogP contribution >= 0.6 is 0 Å². The summed E-state index contributed by atoms with van der Waals surface area (Å²) in [5, 5.41) is 0. The molecule has 14 heavy (non-hydrogen) atoms. The van der Waals surface area contributed by atoms with E-state index in [0.717, 1.165) is 19.1 Å². The highest BCUT2D eigenvalue weighted by Gasteiger charge is 2.00. The fraction of sp³-hybridized carbons (Fsp3) is 0.833. The Bertz CT molecular complexity index is 152. The molecule has 0 N–H and O–H groups in total. The molecule has 0 heterocycles. The third-order valence-electron chi connectivity index (χ3n) is 2.35. The Morgan fingerprint density at radius 1 is 1.00 bits per heavy atom. The summed E-state index contributed by atoms with van der Waals surface area (Å²) in [6.07, 6.45) is 9.59. The molecule has 0 aliphatic carbocycles. The van der Waals surface area contributed by atoms with Gasteiger partial charge in [-0.25, -0.2) is 0 Å². The molecule has 0 saturated heterocycles. The van der Waals surface area contributed by atoms with Gasteiger partial charge in [0.2, 0.25) is 0 Å². The molecule has 0 aromatic heterocycles. The predicted octanol–water partition coefficient (Wildman–Crippen LogP) is 3.29. The van der Waals surface area contributed by atoms with E-state index in [9.17, 15) is 9.59 Å². The Morgan fingerprint density at radius 3 is 2.29 bits per heavy atom. The first-order valence-corrected chi connectivity index (χ1v) is 5.76. The van der Waals surface area contributed by atoms with Crippen LogP contribution in [0.2, 0.25) is 0 Å². The molecule has 0 fully saturated rings. The second-order valence-electron chi connectivity index (χ2n) is 3.76. The number of aldehydes is 1. The van der Waals surface area contributed by atoms with Crippen molar-refractivity contribution in [1.82, 2.24) is 0 Å². The lowest BCUT2D eigenvalue weighted by Gasteiger charge is -1.99. The van der Waals surface area contributed by atoms with E-state index in [-0.39, 0.29) is 5.78 Å². The van der Waals surface area contributed by atoms with Crippen LogP contribution in [-0.4, -0.2) is 12.1 Å². The molecule has 0 radical (unpaired) electrons. The molecule has 0 aliphatic heterocycles. The van der Waals surface area contributed by atoms with Gasteiger partial charge in [0.25, 0.3) is 0 Å². The lowest BCUT2D eigenvalue weighted by Crippen LogP contribution is -1.97. The summed E-state index contributed by atoms with van der Waals surface area (Å²) in [5.74, 6) is 0.243. The molecule has 0 amide bonds. The molecule has 0 bridgehead atoms. The maximum atomic E-state index is 11.1. The van der Waals surface area contributed by atoms with Crippen LogP contribution in [0.5, 0.6) is 0 Å². The van der Waals surface area contributed by atoms with Gasteiger partial charge < -0.3 is 4.79 Å². The topological polar surface area (TPSA) is 34.1 Å². The van der Waals surface area contributed by atoms with Crippen LogP contribution in [0.1, 0.15) is 64.7 Å². The van der Waals surface area contributed by atoms with Crippen LogP contribution in [0.3, 0.4) is 0 Å². The molecule has 0 aliphatic rings. The average molecular weight is 198 g/mol. The lowest BCUT2D eigenvalue weighted by molar-refractivity contribution is -0.120. The summed E-state index contributed by atoms with van der Waals surface area (Å²) < 4.78 is 0. The smallest absolute Gasteiger partial charge is 0.133 e. The van der Waals surface area contributed by atoms with E-state index in [2.05, 4.69) is 6.92 Å². The quantitative estimate of drug-likeness (QED) is 0.399. The Balaban J connectivity index is 3.10. The Labute approximate surface area is 87.1 Å². The van der Waals surface area contributed by atoms with Crippen molar-refractivity contribution in [1.29, 1.82) is 0 Å². The van der Waals surface area contributed by atoms with E-state index >= 15 is 0 Å². The minimum absolute atomic E-state index is 0.243. The molecule has 0 rings (SSSR count). The summed E-state index contributed by atoms with van der Waals surface area (Å²) in [4.78, 5) is 21.1. The van der Waals surface area contributed by atoms with Crippen LogP contribution in [0, 0.1) is 0 Å². The summed E-state index contributed by atoms with van der Waals surface area (Å²) >= 11 is 0. The fourth-order valence-electron chi connectivity index (χ4n) is 1.45. The highest BCUT2D eigenvalue weighted by Crippen LogP contribution is 2.08. The van der Waals surface area contributed by atoms with E-state index in [1.807, 2.05) is 0 Å². The summed E-state index contributed by atoms with van der Waals surface area (Å²) in [6, 6.07) is 0. The van der Waals surface area contributed by atoms with Gasteiger partial charge in [-0.2, -0.15) is 0 Å². The number of hydrogen-bond donors (Lipinski definition) is 0. The van der Waals surface area contributed by atoms with Gasteiger partial charge in [0, 0.05) is 19.3 Å². The monoisotopic (exact) mass is 198 g/mol. The molecule has 0 saturated carbocycles. The van der Waals surface area contributed by atoms with Crippen LogP contribution in [-0.2, 0) is 9.59 Å². The van der Waals surface area contributed by atoms with Gasteiger partial charge >= 0.3 is 0 Å². The molecule has 0 unspecified atom stereocenters. The van der Waals surface area contributed by atoms with Gasteiger partial charge in [-0.3, -0.25) is 4.79 Å². The molecular formula is C12H22O2. The Morgan fingerprint density at radius 2 is 1.64 bits per heavy atom. The third-order valence-corrected chi connectivity index (χ3v) is 2.35. The number of carbonyl (C=O) groups is 2. The molecule has 2 nitrogen and oxygen atoms in total. The summed E-state index contributed by atoms with van der Waals surface area (Å²) in [6.45, 7) is 2.20. The second kappa shape index (κ2) is 10.4. The van der Waals surface area contributed by atoms with Crippen molar-refractivity contribution >= 4 is 12.1 Å². The summed E-state index contributed by atoms with van der Waals surface area (Å²) in [5.41, 5.74) is 0. The maximum Gasteiger partial charge on any atom is 0.133 e. The van der Waals surface area contributed by atoms with Crippen LogP contribution in [0.15, 0.2) is 0 Å². The molecule has 2 heteroatoms. The molecular weight excluding hydrogens is 176 g/mol. The van der Waals surface area contributed by atoms with Crippen LogP contribution in [0.25, 0.3) is 0 Å². The van der Waals surface area contributed by atoms with Gasteiger partial charge in [0.15, 0.2) is 0 Å². The number of carbonyl (C=O) groups excluding carboxylic acids is 2. The van der Waals surface area contributed by atoms with Gasteiger partial charge in [-0.1, -0.05) is 39.0 Å². The zero-order chi connectivity index (χ0) is 10.6. The molecule has 0 aromatic rings. The average Bonchev–Trinajstić information content (AvgIpc) is 2.20. The molecule has 82 valence electrons. The van der Waals surface area contributed by atoms with Crippen LogP contribution in [0.4, 0.5) is 0 Å². The van der Waals surface area contributed by atoms with Crippen LogP contribution < -0.4 is 0 Å². The summed E-state index contributed by atoms with van der Waals surface area (Å²) in [7, 11) is 0. The van der Waals surface area contributed by atoms with Crippen molar-refractivity contribution in [3.63, 3.8) is 0 Å². The first-order valence-electron chi connectivity index (χ1n) is 5.76. The fourth-order valence-corrected chi connectivity index (χ4v) is 1.45. The lowest BCUT2D eigenvalue weighted by atomic mass is 10.1. The number of hydrogen-bond acceptors (Lipinski definition) is 2. The van der Waals surface area contributed by atoms with Crippen molar-refractivity contribution < 1.29 is 9.59 Å². The van der Waals surface area contributed by atoms with Gasteiger partial charge in [-0.05, 0) is 6.42 Å². The number of unbranched alkanes of at least 4 members (excludes halogenated alkanes) is 5. The largest absolute Gasteiger partial charge is 0.303 e.